The molecule has 122 valence electrons. The largest absolute Gasteiger partial charge is 0.0654 e. The summed E-state index contributed by atoms with van der Waals surface area (Å²) >= 11 is 0. The van der Waals surface area contributed by atoms with Crippen LogP contribution in [0.2, 0.25) is 0 Å². The van der Waals surface area contributed by atoms with Crippen molar-refractivity contribution in [2.24, 2.45) is 11.3 Å². The van der Waals surface area contributed by atoms with E-state index in [0.717, 1.165) is 5.92 Å². The SMILES string of the molecule is CCCCCCCCCCCCCC(C)(CC)C(C)C. The first kappa shape index (κ1) is 20.0. The average Bonchev–Trinajstić information content (AvgIpc) is 2.44. The number of unbranched alkanes of at least 4 members (excludes halogenated alkanes) is 10. The van der Waals surface area contributed by atoms with E-state index in [9.17, 15) is 0 Å². The standard InChI is InChI=1S/C20H42/c1-6-8-9-10-11-12-13-14-15-16-17-18-20(5,7-2)19(3)4/h19H,6-18H2,1-5H3. The molecule has 1 unspecified atom stereocenters. The second-order valence-electron chi connectivity index (χ2n) is 7.45. The molecule has 0 fully saturated rings. The smallest absolute Gasteiger partial charge is 0.0305 e. The van der Waals surface area contributed by atoms with E-state index in [2.05, 4.69) is 34.6 Å². The van der Waals surface area contributed by atoms with Crippen molar-refractivity contribution in [2.75, 3.05) is 0 Å². The molecule has 0 radical (unpaired) electrons. The summed E-state index contributed by atoms with van der Waals surface area (Å²) in [4.78, 5) is 0. The van der Waals surface area contributed by atoms with Crippen molar-refractivity contribution in [3.05, 3.63) is 0 Å². The van der Waals surface area contributed by atoms with Gasteiger partial charge in [0.25, 0.3) is 0 Å². The first-order chi connectivity index (χ1) is 9.56. The van der Waals surface area contributed by atoms with E-state index in [1.165, 1.54) is 83.5 Å². The van der Waals surface area contributed by atoms with E-state index in [4.69, 9.17) is 0 Å². The summed E-state index contributed by atoms with van der Waals surface area (Å²) in [6, 6.07) is 0. The monoisotopic (exact) mass is 282 g/mol. The first-order valence-electron chi connectivity index (χ1n) is 9.56. The predicted molar refractivity (Wildman–Crippen MR) is 94.3 cm³/mol. The van der Waals surface area contributed by atoms with Crippen LogP contribution in [0.15, 0.2) is 0 Å². The Morgan fingerprint density at radius 3 is 1.40 bits per heavy atom. The quantitative estimate of drug-likeness (QED) is 0.285. The van der Waals surface area contributed by atoms with Crippen molar-refractivity contribution in [1.29, 1.82) is 0 Å². The maximum absolute atomic E-state index is 2.48. The van der Waals surface area contributed by atoms with Gasteiger partial charge in [-0.25, -0.2) is 0 Å². The Hall–Kier alpha value is 0. The number of hydrogen-bond acceptors (Lipinski definition) is 0. The molecule has 0 bridgehead atoms. The molecule has 0 N–H and O–H groups in total. The molecule has 0 aromatic heterocycles. The van der Waals surface area contributed by atoms with Gasteiger partial charge < -0.3 is 0 Å². The average molecular weight is 283 g/mol. The lowest BCUT2D eigenvalue weighted by Crippen LogP contribution is -2.22. The van der Waals surface area contributed by atoms with Crippen LogP contribution >= 0.6 is 0 Å². The van der Waals surface area contributed by atoms with Crippen LogP contribution in [0.4, 0.5) is 0 Å². The first-order valence-corrected chi connectivity index (χ1v) is 9.56. The highest BCUT2D eigenvalue weighted by Gasteiger charge is 2.25. The molecule has 0 saturated carbocycles. The Kier molecular flexibility index (Phi) is 12.7. The summed E-state index contributed by atoms with van der Waals surface area (Å²) in [5.74, 6) is 0.829. The molecular weight excluding hydrogens is 240 g/mol. The highest BCUT2D eigenvalue weighted by molar-refractivity contribution is 4.75. The minimum absolute atomic E-state index is 0.583. The Balaban J connectivity index is 3.32. The lowest BCUT2D eigenvalue weighted by Gasteiger charge is -2.32. The molecule has 0 aliphatic rings. The van der Waals surface area contributed by atoms with Gasteiger partial charge in [-0.2, -0.15) is 0 Å². The van der Waals surface area contributed by atoms with Gasteiger partial charge in [0, 0.05) is 0 Å². The fourth-order valence-electron chi connectivity index (χ4n) is 3.07. The Labute approximate surface area is 130 Å². The minimum atomic E-state index is 0.583. The third-order valence-electron chi connectivity index (χ3n) is 5.55. The van der Waals surface area contributed by atoms with E-state index >= 15 is 0 Å². The predicted octanol–water partition coefficient (Wildman–Crippen LogP) is 7.76. The van der Waals surface area contributed by atoms with Crippen LogP contribution in [0.5, 0.6) is 0 Å². The van der Waals surface area contributed by atoms with E-state index in [1.54, 1.807) is 0 Å². The van der Waals surface area contributed by atoms with Crippen molar-refractivity contribution >= 4 is 0 Å². The molecule has 0 amide bonds. The Bertz CT molecular complexity index is 194. The number of hydrogen-bond donors (Lipinski definition) is 0. The molecule has 0 saturated heterocycles. The molecule has 0 aliphatic heterocycles. The van der Waals surface area contributed by atoms with E-state index in [1.807, 2.05) is 0 Å². The third kappa shape index (κ3) is 9.83. The molecule has 0 nitrogen and oxygen atoms in total. The zero-order chi connectivity index (χ0) is 15.3. The Morgan fingerprint density at radius 1 is 0.650 bits per heavy atom. The van der Waals surface area contributed by atoms with Gasteiger partial charge in [0.2, 0.25) is 0 Å². The summed E-state index contributed by atoms with van der Waals surface area (Å²) < 4.78 is 0. The van der Waals surface area contributed by atoms with Crippen molar-refractivity contribution in [1.82, 2.24) is 0 Å². The zero-order valence-electron chi connectivity index (χ0n) is 15.3. The molecule has 1 atom stereocenters. The summed E-state index contributed by atoms with van der Waals surface area (Å²) in [7, 11) is 0. The van der Waals surface area contributed by atoms with E-state index in [0.29, 0.717) is 5.41 Å². The van der Waals surface area contributed by atoms with Gasteiger partial charge in [0.1, 0.15) is 0 Å². The van der Waals surface area contributed by atoms with Crippen molar-refractivity contribution in [3.63, 3.8) is 0 Å². The van der Waals surface area contributed by atoms with Gasteiger partial charge in [0.05, 0.1) is 0 Å². The summed E-state index contributed by atoms with van der Waals surface area (Å²) in [5, 5.41) is 0. The maximum Gasteiger partial charge on any atom is -0.0305 e. The molecule has 0 aliphatic carbocycles. The van der Waals surface area contributed by atoms with Crippen molar-refractivity contribution in [2.45, 2.75) is 118 Å². The summed E-state index contributed by atoms with van der Waals surface area (Å²) in [6.07, 6.45) is 18.8. The van der Waals surface area contributed by atoms with Crippen LogP contribution in [0.3, 0.4) is 0 Å². The molecule has 0 heteroatoms. The molecule has 0 heterocycles. The maximum atomic E-state index is 2.48. The summed E-state index contributed by atoms with van der Waals surface area (Å²) in [5.41, 5.74) is 0.583. The van der Waals surface area contributed by atoms with E-state index < -0.39 is 0 Å². The highest BCUT2D eigenvalue weighted by atomic mass is 14.3. The normalized spacial score (nSPS) is 14.7. The van der Waals surface area contributed by atoms with Gasteiger partial charge in [0.15, 0.2) is 0 Å². The van der Waals surface area contributed by atoms with Crippen LogP contribution in [-0.4, -0.2) is 0 Å². The van der Waals surface area contributed by atoms with Gasteiger partial charge in [-0.3, -0.25) is 0 Å². The highest BCUT2D eigenvalue weighted by Crippen LogP contribution is 2.36. The fraction of sp³-hybridized carbons (Fsp3) is 1.00. The topological polar surface area (TPSA) is 0 Å². The molecule has 0 rings (SSSR count). The molecular formula is C20H42. The van der Waals surface area contributed by atoms with Crippen molar-refractivity contribution in [3.8, 4) is 0 Å². The number of rotatable bonds is 14. The fourth-order valence-corrected chi connectivity index (χ4v) is 3.07. The molecule has 0 spiro atoms. The van der Waals surface area contributed by atoms with Gasteiger partial charge in [-0.05, 0) is 17.8 Å². The van der Waals surface area contributed by atoms with Crippen LogP contribution in [0.25, 0.3) is 0 Å². The molecule has 0 aromatic carbocycles. The second-order valence-corrected chi connectivity index (χ2v) is 7.45. The van der Waals surface area contributed by atoms with Crippen LogP contribution in [0, 0.1) is 11.3 Å². The zero-order valence-corrected chi connectivity index (χ0v) is 15.3. The molecule has 20 heavy (non-hydrogen) atoms. The third-order valence-corrected chi connectivity index (χ3v) is 5.55. The van der Waals surface area contributed by atoms with Gasteiger partial charge >= 0.3 is 0 Å². The Morgan fingerprint density at radius 2 is 1.05 bits per heavy atom. The van der Waals surface area contributed by atoms with Gasteiger partial charge in [-0.15, -0.1) is 0 Å². The minimum Gasteiger partial charge on any atom is -0.0654 e. The van der Waals surface area contributed by atoms with Crippen molar-refractivity contribution < 1.29 is 0 Å². The van der Waals surface area contributed by atoms with Crippen LogP contribution < -0.4 is 0 Å². The molecule has 0 aromatic rings. The van der Waals surface area contributed by atoms with Crippen LogP contribution in [-0.2, 0) is 0 Å². The van der Waals surface area contributed by atoms with Crippen LogP contribution in [0.1, 0.15) is 118 Å². The lowest BCUT2D eigenvalue weighted by atomic mass is 9.73. The second kappa shape index (κ2) is 12.7. The van der Waals surface area contributed by atoms with Gasteiger partial charge in [-0.1, -0.05) is 112 Å². The lowest BCUT2D eigenvalue weighted by molar-refractivity contribution is 0.183. The summed E-state index contributed by atoms with van der Waals surface area (Å²) in [6.45, 7) is 11.9. The van der Waals surface area contributed by atoms with E-state index in [-0.39, 0.29) is 0 Å².